The van der Waals surface area contributed by atoms with Crippen molar-refractivity contribution in [3.63, 3.8) is 0 Å². The lowest BCUT2D eigenvalue weighted by molar-refractivity contribution is 0.241. The molecule has 1 saturated heterocycles. The third-order valence-electron chi connectivity index (χ3n) is 4.55. The molecule has 0 amide bonds. The van der Waals surface area contributed by atoms with E-state index in [1.165, 1.54) is 22.9 Å². The zero-order valence-electron chi connectivity index (χ0n) is 15.4. The van der Waals surface area contributed by atoms with Gasteiger partial charge in [0.15, 0.2) is 0 Å². The molecule has 0 radical (unpaired) electrons. The Bertz CT molecular complexity index is 506. The summed E-state index contributed by atoms with van der Waals surface area (Å²) in [7, 11) is 0. The molecule has 2 N–H and O–H groups in total. The number of hydrogen-bond acceptors (Lipinski definition) is 8. The summed E-state index contributed by atoms with van der Waals surface area (Å²) in [6, 6.07) is 0. The average Bonchev–Trinajstić information content (AvgIpc) is 3.33. The van der Waals surface area contributed by atoms with Gasteiger partial charge in [-0.2, -0.15) is 0 Å². The van der Waals surface area contributed by atoms with Crippen LogP contribution in [0.1, 0.15) is 22.9 Å². The lowest BCUT2D eigenvalue weighted by atomic mass is 10.3. The Balaban J connectivity index is 1.44. The van der Waals surface area contributed by atoms with Crippen LogP contribution in [0.15, 0.2) is 23.2 Å². The lowest BCUT2D eigenvalue weighted by Crippen LogP contribution is -2.38. The van der Waals surface area contributed by atoms with Crippen LogP contribution in [-0.2, 0) is 13.1 Å². The normalized spacial score (nSPS) is 20.0. The first-order chi connectivity index (χ1) is 12.9. The highest BCUT2D eigenvalue weighted by atomic mass is 32.1. The second-order valence-electron chi connectivity index (χ2n) is 6.61. The van der Waals surface area contributed by atoms with Crippen molar-refractivity contribution in [2.45, 2.75) is 25.9 Å². The number of nitrogens with zero attached hydrogens (tertiary/aromatic N) is 4. The van der Waals surface area contributed by atoms with E-state index in [-0.39, 0.29) is 0 Å². The van der Waals surface area contributed by atoms with Crippen molar-refractivity contribution in [3.05, 3.63) is 33.2 Å². The van der Waals surface area contributed by atoms with Crippen LogP contribution in [-0.4, -0.2) is 72.1 Å². The van der Waals surface area contributed by atoms with Crippen molar-refractivity contribution in [2.75, 3.05) is 52.4 Å². The van der Waals surface area contributed by atoms with Gasteiger partial charge in [-0.15, -0.1) is 22.7 Å². The minimum Gasteiger partial charge on any atom is -0.315 e. The minimum absolute atomic E-state index is 0.973. The minimum atomic E-state index is 0.973. The van der Waals surface area contributed by atoms with Crippen molar-refractivity contribution in [1.29, 1.82) is 0 Å². The number of hydrogen-bond donors (Lipinski definition) is 2. The Kier molecular flexibility index (Phi) is 8.96. The van der Waals surface area contributed by atoms with Crippen LogP contribution in [0.5, 0.6) is 0 Å². The van der Waals surface area contributed by atoms with Gasteiger partial charge in [0.2, 0.25) is 0 Å². The molecule has 1 fully saturated rings. The highest BCUT2D eigenvalue weighted by Crippen LogP contribution is 2.09. The molecule has 2 aromatic heterocycles. The zero-order chi connectivity index (χ0) is 17.9. The summed E-state index contributed by atoms with van der Waals surface area (Å²) in [4.78, 5) is 13.9. The van der Waals surface area contributed by atoms with Gasteiger partial charge >= 0.3 is 0 Å². The third-order valence-corrected chi connectivity index (χ3v) is 6.08. The van der Waals surface area contributed by atoms with Crippen LogP contribution in [0.3, 0.4) is 0 Å². The number of nitrogens with one attached hydrogen (secondary N) is 2. The molecular formula is C18H30N6S2. The maximum atomic E-state index is 4.44. The fourth-order valence-corrected chi connectivity index (χ4v) is 4.48. The summed E-state index contributed by atoms with van der Waals surface area (Å²) in [5.41, 5.74) is 0. The molecule has 6 nitrogen and oxygen atoms in total. The van der Waals surface area contributed by atoms with E-state index in [1.54, 1.807) is 22.7 Å². The van der Waals surface area contributed by atoms with E-state index in [0.717, 1.165) is 65.4 Å². The molecule has 0 unspecified atom stereocenters. The SMILES string of the molecule is c1csc(CN2CCCNCCN(Cc3nccs3)CCCNCC2)n1. The van der Waals surface area contributed by atoms with Gasteiger partial charge in [-0.3, -0.25) is 9.80 Å². The van der Waals surface area contributed by atoms with Crippen LogP contribution in [0, 0.1) is 0 Å². The molecule has 3 rings (SSSR count). The second-order valence-corrected chi connectivity index (χ2v) is 8.57. The summed E-state index contributed by atoms with van der Waals surface area (Å²) < 4.78 is 0. The number of aromatic nitrogens is 2. The van der Waals surface area contributed by atoms with Gasteiger partial charge in [-0.05, 0) is 39.0 Å². The smallest absolute Gasteiger partial charge is 0.107 e. The highest BCUT2D eigenvalue weighted by molar-refractivity contribution is 7.09. The van der Waals surface area contributed by atoms with Gasteiger partial charge in [0.05, 0.1) is 13.1 Å². The van der Waals surface area contributed by atoms with Crippen molar-refractivity contribution in [3.8, 4) is 0 Å². The topological polar surface area (TPSA) is 56.3 Å². The Hall–Kier alpha value is -0.900. The largest absolute Gasteiger partial charge is 0.315 e. The molecule has 1 aliphatic rings. The van der Waals surface area contributed by atoms with Gasteiger partial charge < -0.3 is 10.6 Å². The lowest BCUT2D eigenvalue weighted by Gasteiger charge is -2.24. The first-order valence-electron chi connectivity index (χ1n) is 9.53. The molecule has 0 saturated carbocycles. The van der Waals surface area contributed by atoms with Gasteiger partial charge in [-0.25, -0.2) is 9.97 Å². The predicted molar refractivity (Wildman–Crippen MR) is 110 cm³/mol. The third kappa shape index (κ3) is 7.38. The number of thiazole rings is 2. The van der Waals surface area contributed by atoms with E-state index in [9.17, 15) is 0 Å². The van der Waals surface area contributed by atoms with Gasteiger partial charge in [0.1, 0.15) is 10.0 Å². The van der Waals surface area contributed by atoms with Crippen LogP contribution in [0.25, 0.3) is 0 Å². The second kappa shape index (κ2) is 11.7. The van der Waals surface area contributed by atoms with Crippen molar-refractivity contribution in [1.82, 2.24) is 30.4 Å². The van der Waals surface area contributed by atoms with Gasteiger partial charge in [0.25, 0.3) is 0 Å². The average molecular weight is 395 g/mol. The summed E-state index contributed by atoms with van der Waals surface area (Å²) in [5.74, 6) is 0. The van der Waals surface area contributed by atoms with E-state index in [2.05, 4.69) is 41.2 Å². The summed E-state index contributed by atoms with van der Waals surface area (Å²) >= 11 is 3.51. The van der Waals surface area contributed by atoms with Gasteiger partial charge in [0, 0.05) is 49.3 Å². The Labute approximate surface area is 164 Å². The van der Waals surface area contributed by atoms with Crippen LogP contribution < -0.4 is 10.6 Å². The maximum absolute atomic E-state index is 4.44. The van der Waals surface area contributed by atoms with E-state index < -0.39 is 0 Å². The predicted octanol–water partition coefficient (Wildman–Crippen LogP) is 1.88. The van der Waals surface area contributed by atoms with Gasteiger partial charge in [-0.1, -0.05) is 0 Å². The molecule has 3 heterocycles. The van der Waals surface area contributed by atoms with E-state index in [0.29, 0.717) is 0 Å². The van der Waals surface area contributed by atoms with Crippen molar-refractivity contribution < 1.29 is 0 Å². The Morgan fingerprint density at radius 3 is 1.65 bits per heavy atom. The van der Waals surface area contributed by atoms with E-state index in [4.69, 9.17) is 0 Å². The summed E-state index contributed by atoms with van der Waals surface area (Å²) in [5, 5.41) is 13.8. The quantitative estimate of drug-likeness (QED) is 0.826. The molecular weight excluding hydrogens is 364 g/mol. The molecule has 0 aliphatic carbocycles. The Morgan fingerprint density at radius 2 is 1.23 bits per heavy atom. The monoisotopic (exact) mass is 394 g/mol. The zero-order valence-corrected chi connectivity index (χ0v) is 17.0. The molecule has 0 spiro atoms. The van der Waals surface area contributed by atoms with Crippen LogP contribution >= 0.6 is 22.7 Å². The van der Waals surface area contributed by atoms with Crippen LogP contribution in [0.2, 0.25) is 0 Å². The Morgan fingerprint density at radius 1 is 0.731 bits per heavy atom. The molecule has 144 valence electrons. The van der Waals surface area contributed by atoms with Crippen LogP contribution in [0.4, 0.5) is 0 Å². The maximum Gasteiger partial charge on any atom is 0.107 e. The molecule has 8 heteroatoms. The highest BCUT2D eigenvalue weighted by Gasteiger charge is 2.10. The number of rotatable bonds is 4. The van der Waals surface area contributed by atoms with Crippen molar-refractivity contribution in [2.24, 2.45) is 0 Å². The standard InChI is InChI=1S/C18H30N6S2/c1-3-19-5-12-24(16-18-22-8-14-26-18)10-2-4-20-6-11-23(9-1)15-17-21-7-13-25-17/h7-8,13-14,19-20H,1-6,9-12,15-16H2. The first-order valence-corrected chi connectivity index (χ1v) is 11.3. The van der Waals surface area contributed by atoms with E-state index in [1.807, 2.05) is 12.4 Å². The summed E-state index contributed by atoms with van der Waals surface area (Å²) in [6.07, 6.45) is 6.17. The molecule has 0 aromatic carbocycles. The molecule has 1 aliphatic heterocycles. The fourth-order valence-electron chi connectivity index (χ4n) is 3.16. The van der Waals surface area contributed by atoms with E-state index >= 15 is 0 Å². The van der Waals surface area contributed by atoms with Crippen molar-refractivity contribution >= 4 is 22.7 Å². The first kappa shape index (κ1) is 19.9. The molecule has 2 aromatic rings. The molecule has 26 heavy (non-hydrogen) atoms. The summed E-state index contributed by atoms with van der Waals surface area (Å²) in [6.45, 7) is 10.6. The fraction of sp³-hybridized carbons (Fsp3) is 0.667. The molecule has 0 atom stereocenters. The molecule has 0 bridgehead atoms.